The van der Waals surface area contributed by atoms with E-state index in [9.17, 15) is 4.79 Å². The lowest BCUT2D eigenvalue weighted by molar-refractivity contribution is 0.0224. The van der Waals surface area contributed by atoms with Crippen LogP contribution in [0.15, 0.2) is 61.2 Å². The highest BCUT2D eigenvalue weighted by atomic mass is 16.6. The molecule has 5 rings (SSSR count). The van der Waals surface area contributed by atoms with E-state index in [-0.39, 0.29) is 6.09 Å². The Morgan fingerprint density at radius 2 is 2.00 bits per heavy atom. The number of anilines is 2. The number of nitrogens with zero attached hydrogens (tertiary/aromatic N) is 6. The normalized spacial score (nSPS) is 13.2. The number of rotatable bonds is 5. The largest absolute Gasteiger partial charge is 0.444 e. The van der Waals surface area contributed by atoms with Crippen molar-refractivity contribution in [1.82, 2.24) is 29.6 Å². The van der Waals surface area contributed by atoms with Crippen molar-refractivity contribution in [1.29, 1.82) is 0 Å². The molecular weight excluding hydrogens is 466 g/mol. The first-order chi connectivity index (χ1) is 17.8. The van der Waals surface area contributed by atoms with Crippen LogP contribution in [0.4, 0.5) is 16.4 Å². The Morgan fingerprint density at radius 3 is 2.76 bits per heavy atom. The van der Waals surface area contributed by atoms with Crippen LogP contribution < -0.4 is 5.32 Å². The Labute approximate surface area is 216 Å². The highest BCUT2D eigenvalue weighted by Gasteiger charge is 2.26. The zero-order chi connectivity index (χ0) is 26.0. The molecule has 0 atom stereocenters. The average Bonchev–Trinajstić information content (AvgIpc) is 3.33. The van der Waals surface area contributed by atoms with Gasteiger partial charge in [-0.2, -0.15) is 5.10 Å². The van der Waals surface area contributed by atoms with E-state index in [0.29, 0.717) is 19.0 Å². The molecule has 0 spiro atoms. The highest BCUT2D eigenvalue weighted by Crippen LogP contribution is 2.31. The van der Waals surface area contributed by atoms with Crippen molar-refractivity contribution in [3.8, 4) is 22.5 Å². The zero-order valence-corrected chi connectivity index (χ0v) is 21.6. The van der Waals surface area contributed by atoms with Gasteiger partial charge >= 0.3 is 6.09 Å². The fourth-order valence-electron chi connectivity index (χ4n) is 4.30. The van der Waals surface area contributed by atoms with Gasteiger partial charge in [0.2, 0.25) is 5.95 Å². The van der Waals surface area contributed by atoms with Crippen molar-refractivity contribution in [3.05, 3.63) is 72.3 Å². The van der Waals surface area contributed by atoms with Crippen molar-refractivity contribution < 1.29 is 9.53 Å². The monoisotopic (exact) mass is 497 g/mol. The number of pyridine rings is 1. The van der Waals surface area contributed by atoms with Gasteiger partial charge in [0.05, 0.1) is 5.69 Å². The number of carbonyl (C=O) groups excluding carboxylic acids is 1. The molecule has 1 N–H and O–H groups in total. The summed E-state index contributed by atoms with van der Waals surface area (Å²) in [6.07, 6.45) is 7.80. The van der Waals surface area contributed by atoms with Gasteiger partial charge in [0, 0.05) is 61.2 Å². The molecule has 3 aromatic heterocycles. The van der Waals surface area contributed by atoms with Gasteiger partial charge in [-0.3, -0.25) is 9.67 Å². The third kappa shape index (κ3) is 5.61. The molecule has 0 unspecified atom stereocenters. The standard InChI is InChI=1S/C28H31N7O2/c1-5-35-18-23(25(33-35)20-7-6-12-29-16-20)24-10-13-30-26(32-24)31-22-9-8-21-17-34(14-11-19(21)15-22)27(36)37-28(2,3)4/h6-10,12-13,15-16,18H,5,11,14,17H2,1-4H3,(H,30,31,32). The van der Waals surface area contributed by atoms with Gasteiger partial charge in [-0.15, -0.1) is 0 Å². The van der Waals surface area contributed by atoms with Gasteiger partial charge < -0.3 is 15.0 Å². The molecule has 9 heteroatoms. The second kappa shape index (κ2) is 10.0. The number of fused-ring (bicyclic) bond motifs is 1. The first kappa shape index (κ1) is 24.4. The number of amides is 1. The summed E-state index contributed by atoms with van der Waals surface area (Å²) < 4.78 is 7.44. The molecule has 0 aliphatic carbocycles. The van der Waals surface area contributed by atoms with E-state index in [0.717, 1.165) is 46.7 Å². The van der Waals surface area contributed by atoms with Crippen molar-refractivity contribution in [2.24, 2.45) is 0 Å². The molecule has 0 bridgehead atoms. The minimum absolute atomic E-state index is 0.275. The van der Waals surface area contributed by atoms with Crippen LogP contribution in [0.2, 0.25) is 0 Å². The maximum absolute atomic E-state index is 12.5. The Morgan fingerprint density at radius 1 is 1.14 bits per heavy atom. The number of hydrogen-bond donors (Lipinski definition) is 1. The molecule has 9 nitrogen and oxygen atoms in total. The summed E-state index contributed by atoms with van der Waals surface area (Å²) in [6.45, 7) is 9.61. The van der Waals surface area contributed by atoms with Crippen molar-refractivity contribution >= 4 is 17.7 Å². The molecule has 0 saturated carbocycles. The second-order valence-corrected chi connectivity index (χ2v) is 10.0. The Bertz CT molecular complexity index is 1410. The summed E-state index contributed by atoms with van der Waals surface area (Å²) in [5.74, 6) is 0.505. The van der Waals surface area contributed by atoms with Crippen LogP contribution in [0, 0.1) is 0 Å². The van der Waals surface area contributed by atoms with Crippen LogP contribution in [-0.4, -0.2) is 47.9 Å². The van der Waals surface area contributed by atoms with Crippen LogP contribution in [0.1, 0.15) is 38.8 Å². The van der Waals surface area contributed by atoms with Gasteiger partial charge in [-0.25, -0.2) is 14.8 Å². The van der Waals surface area contributed by atoms with E-state index in [1.165, 1.54) is 5.56 Å². The van der Waals surface area contributed by atoms with Crippen molar-refractivity contribution in [3.63, 3.8) is 0 Å². The number of hydrogen-bond acceptors (Lipinski definition) is 7. The summed E-state index contributed by atoms with van der Waals surface area (Å²) in [6, 6.07) is 11.9. The first-order valence-corrected chi connectivity index (χ1v) is 12.5. The third-order valence-corrected chi connectivity index (χ3v) is 6.08. The van der Waals surface area contributed by atoms with Gasteiger partial charge in [-0.1, -0.05) is 6.07 Å². The van der Waals surface area contributed by atoms with Gasteiger partial charge in [0.1, 0.15) is 11.3 Å². The molecule has 1 amide bonds. The van der Waals surface area contributed by atoms with Gasteiger partial charge in [-0.05, 0) is 75.6 Å². The van der Waals surface area contributed by atoms with Crippen LogP contribution in [0.5, 0.6) is 0 Å². The van der Waals surface area contributed by atoms with Crippen LogP contribution in [0.25, 0.3) is 22.5 Å². The molecule has 1 aromatic carbocycles. The number of ether oxygens (including phenoxy) is 1. The fraction of sp³-hybridized carbons (Fsp3) is 0.321. The molecule has 190 valence electrons. The predicted molar refractivity (Wildman–Crippen MR) is 142 cm³/mol. The molecule has 0 radical (unpaired) electrons. The van der Waals surface area contributed by atoms with Crippen LogP contribution in [-0.2, 0) is 24.2 Å². The summed E-state index contributed by atoms with van der Waals surface area (Å²) in [5, 5.41) is 8.08. The SMILES string of the molecule is CCn1cc(-c2ccnc(Nc3ccc4c(c3)CCN(C(=O)OC(C)(C)C)C4)n2)c(-c2cccnc2)n1. The third-order valence-electron chi connectivity index (χ3n) is 6.08. The van der Waals surface area contributed by atoms with E-state index in [2.05, 4.69) is 28.3 Å². The molecule has 0 saturated heterocycles. The minimum Gasteiger partial charge on any atom is -0.444 e. The highest BCUT2D eigenvalue weighted by molar-refractivity contribution is 5.78. The Balaban J connectivity index is 1.35. The van der Waals surface area contributed by atoms with E-state index < -0.39 is 5.60 Å². The van der Waals surface area contributed by atoms with E-state index in [1.54, 1.807) is 17.3 Å². The minimum atomic E-state index is -0.506. The smallest absolute Gasteiger partial charge is 0.410 e. The first-order valence-electron chi connectivity index (χ1n) is 12.5. The molecule has 37 heavy (non-hydrogen) atoms. The summed E-state index contributed by atoms with van der Waals surface area (Å²) in [7, 11) is 0. The predicted octanol–water partition coefficient (Wildman–Crippen LogP) is 5.46. The summed E-state index contributed by atoms with van der Waals surface area (Å²) in [5.41, 5.74) is 6.19. The summed E-state index contributed by atoms with van der Waals surface area (Å²) in [4.78, 5) is 27.7. The molecule has 4 aromatic rings. The van der Waals surface area contributed by atoms with Crippen LogP contribution in [0.3, 0.4) is 0 Å². The number of benzene rings is 1. The Kier molecular flexibility index (Phi) is 6.60. The number of aryl methyl sites for hydroxylation is 1. The molecular formula is C28H31N7O2. The second-order valence-electron chi connectivity index (χ2n) is 10.0. The maximum Gasteiger partial charge on any atom is 0.410 e. The lowest BCUT2D eigenvalue weighted by Gasteiger charge is -2.31. The number of aromatic nitrogens is 5. The van der Waals surface area contributed by atoms with Crippen molar-refractivity contribution in [2.75, 3.05) is 11.9 Å². The zero-order valence-electron chi connectivity index (χ0n) is 21.6. The van der Waals surface area contributed by atoms with Gasteiger partial charge in [0.25, 0.3) is 0 Å². The lowest BCUT2D eigenvalue weighted by atomic mass is 9.99. The van der Waals surface area contributed by atoms with Crippen molar-refractivity contribution in [2.45, 2.75) is 52.8 Å². The lowest BCUT2D eigenvalue weighted by Crippen LogP contribution is -2.39. The molecule has 0 fully saturated rings. The summed E-state index contributed by atoms with van der Waals surface area (Å²) >= 11 is 0. The maximum atomic E-state index is 12.5. The van der Waals surface area contributed by atoms with Crippen LogP contribution >= 0.6 is 0 Å². The Hall–Kier alpha value is -4.27. The van der Waals surface area contributed by atoms with Gasteiger partial charge in [0.15, 0.2) is 0 Å². The topological polar surface area (TPSA) is 98.1 Å². The van der Waals surface area contributed by atoms with E-state index in [4.69, 9.17) is 14.8 Å². The average molecular weight is 498 g/mol. The molecule has 1 aliphatic rings. The number of nitrogens with one attached hydrogen (secondary N) is 1. The molecule has 1 aliphatic heterocycles. The number of carbonyl (C=O) groups is 1. The van der Waals surface area contributed by atoms with E-state index >= 15 is 0 Å². The quantitative estimate of drug-likeness (QED) is 0.391. The fourth-order valence-corrected chi connectivity index (χ4v) is 4.30. The van der Waals surface area contributed by atoms with E-state index in [1.807, 2.05) is 68.2 Å². The molecule has 4 heterocycles.